The molecule has 0 saturated carbocycles. The fourth-order valence-electron chi connectivity index (χ4n) is 7.08. The van der Waals surface area contributed by atoms with Crippen LogP contribution in [0.25, 0.3) is 0 Å². The van der Waals surface area contributed by atoms with E-state index in [-0.39, 0.29) is 0 Å². The zero-order valence-electron chi connectivity index (χ0n) is 40.6. The van der Waals surface area contributed by atoms with Gasteiger partial charge in [-0.25, -0.2) is 86.3 Å². The van der Waals surface area contributed by atoms with Gasteiger partial charge in [0.25, 0.3) is 0 Å². The summed E-state index contributed by atoms with van der Waals surface area (Å²) in [6.45, 7) is 2.68. The summed E-state index contributed by atoms with van der Waals surface area (Å²) in [5.41, 5.74) is -29.8. The Hall–Kier alpha value is -12.5. The Balaban J connectivity index is 0.00000111. The number of rotatable bonds is 26. The molecular formula is C44H35NO38. The van der Waals surface area contributed by atoms with Crippen molar-refractivity contribution >= 4 is 107 Å². The highest BCUT2D eigenvalue weighted by Crippen LogP contribution is 2.33. The molecule has 0 aliphatic carbocycles. The first-order chi connectivity index (χ1) is 38.2. The van der Waals surface area contributed by atoms with Crippen LogP contribution in [0.5, 0.6) is 0 Å². The highest BCUT2D eigenvalue weighted by molar-refractivity contribution is 6.26. The van der Waals surface area contributed by atoms with Gasteiger partial charge in [0.1, 0.15) is 6.61 Å². The molecule has 0 atom stereocenters. The summed E-state index contributed by atoms with van der Waals surface area (Å²) in [7, 11) is 0. The third-order valence-electron chi connectivity index (χ3n) is 9.99. The lowest BCUT2D eigenvalue weighted by atomic mass is 9.86. The first-order valence-electron chi connectivity index (χ1n) is 21.1. The van der Waals surface area contributed by atoms with Crippen LogP contribution in [0.3, 0.4) is 0 Å². The van der Waals surface area contributed by atoms with Gasteiger partial charge in [-0.3, -0.25) is 0 Å². The third kappa shape index (κ3) is 16.3. The third-order valence-corrected chi connectivity index (χ3v) is 9.99. The number of hydrogen-bond acceptors (Lipinski definition) is 21. The van der Waals surface area contributed by atoms with Crippen LogP contribution in [0.2, 0.25) is 0 Å². The van der Waals surface area contributed by atoms with Crippen LogP contribution in [0.1, 0.15) is 232 Å². The molecule has 0 aromatic heterocycles. The van der Waals surface area contributed by atoms with Crippen molar-refractivity contribution in [1.29, 1.82) is 0 Å². The van der Waals surface area contributed by atoms with E-state index in [2.05, 4.69) is 17.1 Å². The lowest BCUT2D eigenvalue weighted by Gasteiger charge is -2.15. The quantitative estimate of drug-likeness (QED) is 0.0312. The molecule has 3 rings (SSSR count). The average molecular weight is 1190 g/mol. The molecule has 3 aromatic carbocycles. The van der Waals surface area contributed by atoms with Crippen molar-refractivity contribution in [3.05, 3.63) is 105 Å². The number of carboxylic acids is 18. The second kappa shape index (κ2) is 29.9. The number of carbonyl (C=O) groups is 18. The van der Waals surface area contributed by atoms with Gasteiger partial charge in [-0.15, -0.1) is 4.91 Å². The van der Waals surface area contributed by atoms with E-state index in [1.807, 2.05) is 0 Å². The van der Waals surface area contributed by atoms with Crippen molar-refractivity contribution in [3.8, 4) is 0 Å². The van der Waals surface area contributed by atoms with E-state index in [1.165, 1.54) is 25.7 Å². The van der Waals surface area contributed by atoms with Crippen LogP contribution in [0.15, 0.2) is 5.34 Å². The minimum atomic E-state index is -2.26. The van der Waals surface area contributed by atoms with Gasteiger partial charge in [0.15, 0.2) is 5.34 Å². The lowest BCUT2D eigenvalue weighted by Crippen LogP contribution is -2.27. The fraction of sp³-hybridized carbons (Fsp3) is 0.182. The maximum atomic E-state index is 11.2. The van der Waals surface area contributed by atoms with E-state index in [9.17, 15) is 91.2 Å². The minimum Gasteiger partial charge on any atom is -0.478 e. The predicted molar refractivity (Wildman–Crippen MR) is 250 cm³/mol. The number of nitrogens with zero attached hydrogens (tertiary/aromatic N) is 1. The van der Waals surface area contributed by atoms with Gasteiger partial charge in [-0.05, 0) is 12.8 Å². The van der Waals surface area contributed by atoms with Crippen LogP contribution in [0, 0.1) is 4.91 Å². The van der Waals surface area contributed by atoms with Crippen molar-refractivity contribution in [2.45, 2.75) is 45.4 Å². The van der Waals surface area contributed by atoms with Crippen LogP contribution >= 0.6 is 0 Å². The summed E-state index contributed by atoms with van der Waals surface area (Å²) in [6.07, 6.45) is 7.23. The summed E-state index contributed by atoms with van der Waals surface area (Å²) >= 11 is 0. The molecule has 0 aliphatic rings. The highest BCUT2D eigenvalue weighted by atomic mass is 16.7. The van der Waals surface area contributed by atoms with Gasteiger partial charge >= 0.3 is 107 Å². The summed E-state index contributed by atoms with van der Waals surface area (Å²) < 4.78 is 0. The molecule has 0 radical (unpaired) electrons. The normalized spacial score (nSPS) is 9.94. The van der Waals surface area contributed by atoms with Gasteiger partial charge in [0.2, 0.25) is 0 Å². The number of carboxylic acid groups (broad SMARTS) is 18. The zero-order valence-corrected chi connectivity index (χ0v) is 40.6. The van der Waals surface area contributed by atoms with Crippen molar-refractivity contribution < 1.29 is 183 Å². The Labute approximate surface area is 452 Å². The molecule has 444 valence electrons. The Morgan fingerprint density at radius 3 is 0.434 bits per heavy atom. The van der Waals surface area contributed by atoms with E-state index in [1.54, 1.807) is 0 Å². The molecule has 18 N–H and O–H groups in total. The van der Waals surface area contributed by atoms with Crippen LogP contribution in [-0.2, 0) is 4.84 Å². The molecule has 39 nitrogen and oxygen atoms in total. The molecule has 0 amide bonds. The molecule has 83 heavy (non-hydrogen) atoms. The summed E-state index contributed by atoms with van der Waals surface area (Å²) in [5.74, 6) is -40.6. The van der Waals surface area contributed by atoms with Crippen molar-refractivity contribution in [3.63, 3.8) is 0 Å². The van der Waals surface area contributed by atoms with E-state index in [0.29, 0.717) is 6.61 Å². The minimum absolute atomic E-state index is 0.482. The lowest BCUT2D eigenvalue weighted by molar-refractivity contribution is 0.0592. The second-order valence-corrected chi connectivity index (χ2v) is 14.9. The van der Waals surface area contributed by atoms with Gasteiger partial charge in [-0.1, -0.05) is 32.6 Å². The standard InChI is InChI=1S/3C12H6O12.C8H17NO2/c3*13-7(14)1-2(8(15)16)4(10(19)20)6(12(23)24)5(11(21)22)3(1)9(17)18;1-2-3-4-5-6-7-8-11-9-10/h3*(H,13,14)(H,15,16)(H,17,18)(H,19,20)(H,21,22)(H,23,24);2-8H2,1H3. The van der Waals surface area contributed by atoms with Gasteiger partial charge in [-0.2, -0.15) is 0 Å². The SMILES string of the molecule is CCCCCCCCON=O.O=C(O)c1c(C(=O)O)c(C(=O)O)c(C(=O)O)c(C(=O)O)c1C(=O)O.O=C(O)c1c(C(=O)O)c(C(=O)O)c(C(=O)O)c(C(=O)O)c1C(=O)O.O=C(O)c1c(C(=O)O)c(C(=O)O)c(C(=O)O)c(C(=O)O)c1C(=O)O. The maximum absolute atomic E-state index is 11.2. The van der Waals surface area contributed by atoms with Crippen molar-refractivity contribution in [1.82, 2.24) is 0 Å². The van der Waals surface area contributed by atoms with Crippen LogP contribution in [-0.4, -0.2) is 206 Å². The number of benzene rings is 3. The van der Waals surface area contributed by atoms with E-state index in [0.717, 1.165) is 12.8 Å². The Bertz CT molecular complexity index is 2450. The molecule has 39 heteroatoms. The topological polar surface area (TPSA) is 710 Å². The molecule has 0 unspecified atom stereocenters. The molecular weight excluding hydrogens is 1150 g/mol. The number of unbranched alkanes of at least 4 members (excludes halogenated alkanes) is 5. The molecule has 0 saturated heterocycles. The molecule has 3 aromatic rings. The predicted octanol–water partition coefficient (Wildman–Crippen LogP) is 2.67. The fourth-order valence-corrected chi connectivity index (χ4v) is 7.08. The Morgan fingerprint density at radius 1 is 0.229 bits per heavy atom. The number of aromatic carboxylic acids is 18. The number of hydrogen-bond donors (Lipinski definition) is 18. The van der Waals surface area contributed by atoms with Crippen molar-refractivity contribution in [2.24, 2.45) is 5.34 Å². The monoisotopic (exact) mass is 1190 g/mol. The smallest absolute Gasteiger partial charge is 0.337 e. The molecule has 0 heterocycles. The molecule has 0 bridgehead atoms. The van der Waals surface area contributed by atoms with Gasteiger partial charge in [0, 0.05) is 0 Å². The summed E-state index contributed by atoms with van der Waals surface area (Å²) in [6, 6.07) is 0. The van der Waals surface area contributed by atoms with E-state index >= 15 is 0 Å². The van der Waals surface area contributed by atoms with Gasteiger partial charge in [0.05, 0.1) is 100 Å². The van der Waals surface area contributed by atoms with Crippen molar-refractivity contribution in [2.75, 3.05) is 6.61 Å². The van der Waals surface area contributed by atoms with Crippen LogP contribution < -0.4 is 0 Å². The average Bonchev–Trinajstić information content (AvgIpc) is 3.57. The first kappa shape index (κ1) is 70.5. The van der Waals surface area contributed by atoms with Gasteiger partial charge < -0.3 is 96.8 Å². The second-order valence-electron chi connectivity index (χ2n) is 14.9. The van der Waals surface area contributed by atoms with E-state index < -0.39 is 208 Å². The zero-order chi connectivity index (χ0) is 65.1. The largest absolute Gasteiger partial charge is 0.478 e. The van der Waals surface area contributed by atoms with Crippen LogP contribution in [0.4, 0.5) is 0 Å². The summed E-state index contributed by atoms with van der Waals surface area (Å²) in [5, 5.41) is 165. The maximum Gasteiger partial charge on any atom is 0.337 e. The Morgan fingerprint density at radius 2 is 0.337 bits per heavy atom. The molecule has 0 aliphatic heterocycles. The van der Waals surface area contributed by atoms with E-state index in [4.69, 9.17) is 91.9 Å². The molecule has 0 fully saturated rings. The first-order valence-corrected chi connectivity index (χ1v) is 21.1. The Kier molecular flexibility index (Phi) is 25.4. The molecule has 0 spiro atoms. The highest BCUT2D eigenvalue weighted by Gasteiger charge is 2.43. The summed E-state index contributed by atoms with van der Waals surface area (Å²) in [4.78, 5) is 216.